The molecule has 3 aromatic rings. The Kier molecular flexibility index (Phi) is 5.43. The third kappa shape index (κ3) is 3.81. The fraction of sp³-hybridized carbons (Fsp3) is 0.130. The minimum atomic E-state index is -1.25. The van der Waals surface area contributed by atoms with Crippen molar-refractivity contribution in [2.45, 2.75) is 13.1 Å². The minimum Gasteiger partial charge on any atom is -0.388 e. The zero-order valence-corrected chi connectivity index (χ0v) is 18.6. The maximum atomic E-state index is 13.7. The van der Waals surface area contributed by atoms with Crippen molar-refractivity contribution < 1.29 is 33.1 Å². The van der Waals surface area contributed by atoms with Crippen molar-refractivity contribution in [1.29, 1.82) is 0 Å². The maximum Gasteiger partial charge on any atom is 0.432 e. The van der Waals surface area contributed by atoms with Crippen molar-refractivity contribution in [3.8, 4) is 11.6 Å². The molecule has 5 rings (SSSR count). The number of fused-ring (bicyclic) bond motifs is 4. The average Bonchev–Trinajstić information content (AvgIpc) is 3.39. The second-order valence-corrected chi connectivity index (χ2v) is 8.01. The molecule has 0 radical (unpaired) electrons. The Bertz CT molecular complexity index is 1470. The van der Waals surface area contributed by atoms with E-state index in [9.17, 15) is 28.4 Å². The largest absolute Gasteiger partial charge is 0.432 e. The lowest BCUT2D eigenvalue weighted by Gasteiger charge is -2.15. The van der Waals surface area contributed by atoms with E-state index in [4.69, 9.17) is 4.74 Å². The van der Waals surface area contributed by atoms with Crippen molar-refractivity contribution >= 4 is 29.7 Å². The van der Waals surface area contributed by atoms with E-state index in [1.54, 1.807) is 24.3 Å². The average molecular weight is 492 g/mol. The number of hydrogen-bond acceptors (Lipinski definition) is 7. The number of aromatic nitrogens is 2. The first-order valence-corrected chi connectivity index (χ1v) is 10.6. The second kappa shape index (κ2) is 8.61. The summed E-state index contributed by atoms with van der Waals surface area (Å²) in [7, 11) is 1.49. The molecule has 0 atom stereocenters. The molecule has 36 heavy (non-hydrogen) atoms. The molecule has 0 unspecified atom stereocenters. The summed E-state index contributed by atoms with van der Waals surface area (Å²) >= 11 is 0. The van der Waals surface area contributed by atoms with Crippen LogP contribution >= 0.6 is 0 Å². The number of imidazole rings is 1. The van der Waals surface area contributed by atoms with Crippen LogP contribution in [-0.2, 0) is 22.7 Å². The molecular formula is C23H17FN6O6. The van der Waals surface area contributed by atoms with Gasteiger partial charge in [0.1, 0.15) is 17.8 Å². The van der Waals surface area contributed by atoms with Gasteiger partial charge in [0, 0.05) is 12.6 Å². The Morgan fingerprint density at radius 2 is 1.78 bits per heavy atom. The monoisotopic (exact) mass is 492 g/mol. The van der Waals surface area contributed by atoms with Crippen molar-refractivity contribution in [2.75, 3.05) is 7.05 Å². The minimum absolute atomic E-state index is 0.0137. The van der Waals surface area contributed by atoms with Gasteiger partial charge in [0.05, 0.1) is 24.3 Å². The van der Waals surface area contributed by atoms with Crippen LogP contribution in [0.15, 0.2) is 48.8 Å². The fourth-order valence-electron chi connectivity index (χ4n) is 4.00. The van der Waals surface area contributed by atoms with Gasteiger partial charge in [-0.05, 0) is 29.8 Å². The molecular weight excluding hydrogens is 475 g/mol. The number of carbonyl (C=O) groups is 5. The number of ether oxygens (including phenoxy) is 1. The predicted octanol–water partition coefficient (Wildman–Crippen LogP) is 0.899. The summed E-state index contributed by atoms with van der Waals surface area (Å²) in [5, 5.41) is 0. The molecule has 3 heterocycles. The number of hydrogen-bond donors (Lipinski definition) is 2. The maximum absolute atomic E-state index is 13.7. The molecule has 12 nitrogen and oxygen atoms in total. The van der Waals surface area contributed by atoms with Gasteiger partial charge in [0.25, 0.3) is 11.8 Å². The highest BCUT2D eigenvalue weighted by molar-refractivity contribution is 6.38. The number of hydrazine groups is 1. The van der Waals surface area contributed by atoms with E-state index in [2.05, 4.69) is 4.98 Å². The van der Waals surface area contributed by atoms with Gasteiger partial charge in [-0.25, -0.2) is 19.6 Å². The molecule has 2 N–H and O–H groups in total. The quantitative estimate of drug-likeness (QED) is 0.380. The molecule has 0 saturated carbocycles. The van der Waals surface area contributed by atoms with Crippen molar-refractivity contribution in [2.24, 2.45) is 0 Å². The van der Waals surface area contributed by atoms with Crippen molar-refractivity contribution in [1.82, 2.24) is 30.2 Å². The second-order valence-electron chi connectivity index (χ2n) is 8.01. The topological polar surface area (TPSA) is 143 Å². The summed E-state index contributed by atoms with van der Waals surface area (Å²) < 4.78 is 20.4. The molecule has 182 valence electrons. The molecule has 0 spiro atoms. The molecule has 5 amide bonds. The van der Waals surface area contributed by atoms with Gasteiger partial charge < -0.3 is 9.64 Å². The van der Waals surface area contributed by atoms with Crippen LogP contribution in [-0.4, -0.2) is 56.1 Å². The van der Waals surface area contributed by atoms with E-state index >= 15 is 0 Å². The van der Waals surface area contributed by atoms with Gasteiger partial charge in [-0.15, -0.1) is 0 Å². The van der Waals surface area contributed by atoms with Gasteiger partial charge in [0.15, 0.2) is 0 Å². The van der Waals surface area contributed by atoms with Crippen LogP contribution in [0.5, 0.6) is 5.88 Å². The predicted molar refractivity (Wildman–Crippen MR) is 118 cm³/mol. The van der Waals surface area contributed by atoms with E-state index in [0.29, 0.717) is 22.5 Å². The first kappa shape index (κ1) is 22.7. The molecule has 2 aromatic carbocycles. The van der Waals surface area contributed by atoms with E-state index in [-0.39, 0.29) is 24.5 Å². The van der Waals surface area contributed by atoms with Gasteiger partial charge in [-0.1, -0.05) is 18.2 Å². The molecule has 0 fully saturated rings. The van der Waals surface area contributed by atoms with Crippen LogP contribution in [0.25, 0.3) is 5.69 Å². The van der Waals surface area contributed by atoms with Gasteiger partial charge >= 0.3 is 17.9 Å². The van der Waals surface area contributed by atoms with E-state index in [1.165, 1.54) is 35.0 Å². The molecule has 0 bridgehead atoms. The molecule has 13 heteroatoms. The zero-order valence-electron chi connectivity index (χ0n) is 18.6. The van der Waals surface area contributed by atoms with Crippen LogP contribution in [0.2, 0.25) is 0 Å². The number of rotatable bonds is 1. The summed E-state index contributed by atoms with van der Waals surface area (Å²) in [4.78, 5) is 68.0. The lowest BCUT2D eigenvalue weighted by molar-refractivity contribution is -0.144. The first-order valence-electron chi connectivity index (χ1n) is 10.6. The molecule has 2 aliphatic rings. The van der Waals surface area contributed by atoms with Crippen LogP contribution in [0.4, 0.5) is 9.18 Å². The summed E-state index contributed by atoms with van der Waals surface area (Å²) in [5.74, 6) is -4.22. The number of nitrogens with zero attached hydrogens (tertiary/aromatic N) is 4. The van der Waals surface area contributed by atoms with Crippen LogP contribution in [0.1, 0.15) is 32.0 Å². The number of amides is 5. The lowest BCUT2D eigenvalue weighted by Crippen LogP contribution is -2.50. The summed E-state index contributed by atoms with van der Waals surface area (Å²) in [6, 6.07) is 10.3. The Labute approximate surface area is 202 Å². The standard InChI is InChI=1S/C23H17FN6O6/c1-28-10-17-19(25-11-30(17)16-7-6-13(24)8-15(16)20(28)32)36-23(35)27-26-18(31)22(34)29-9-12-4-2-3-5-14(12)21(29)33/h2-8,11H,9-10H2,1H3,(H,26,31)(H,27,35). The van der Waals surface area contributed by atoms with E-state index < -0.39 is 35.5 Å². The highest BCUT2D eigenvalue weighted by Gasteiger charge is 2.35. The molecule has 1 aromatic heterocycles. The molecule has 2 aliphatic heterocycles. The third-order valence-corrected chi connectivity index (χ3v) is 5.74. The summed E-state index contributed by atoms with van der Waals surface area (Å²) in [6.45, 7) is -0.0790. The third-order valence-electron chi connectivity index (χ3n) is 5.74. The van der Waals surface area contributed by atoms with Gasteiger partial charge in [-0.3, -0.25) is 34.1 Å². The van der Waals surface area contributed by atoms with Crippen LogP contribution < -0.4 is 15.6 Å². The molecule has 0 saturated heterocycles. The number of carbonyl (C=O) groups excluding carboxylic acids is 5. The Morgan fingerprint density at radius 1 is 1.00 bits per heavy atom. The highest BCUT2D eigenvalue weighted by atomic mass is 19.1. The SMILES string of the molecule is CN1Cc2c(OC(=O)NNC(=O)C(=O)N3Cc4ccccc4C3=O)ncn2-c2ccc(F)cc2C1=O. The van der Waals surface area contributed by atoms with E-state index in [1.807, 2.05) is 10.9 Å². The normalized spacial score (nSPS) is 13.9. The zero-order chi connectivity index (χ0) is 25.6. The first-order chi connectivity index (χ1) is 17.2. The Balaban J connectivity index is 1.25. The Hall–Kier alpha value is -5.07. The Morgan fingerprint density at radius 3 is 2.56 bits per heavy atom. The number of halogens is 1. The number of imide groups is 1. The van der Waals surface area contributed by atoms with Crippen molar-refractivity contribution in [3.05, 3.63) is 77.0 Å². The summed E-state index contributed by atoms with van der Waals surface area (Å²) in [6.07, 6.45) is 0.131. The smallest absolute Gasteiger partial charge is 0.388 e. The van der Waals surface area contributed by atoms with Crippen LogP contribution in [0.3, 0.4) is 0 Å². The van der Waals surface area contributed by atoms with Gasteiger partial charge in [-0.2, -0.15) is 0 Å². The summed E-state index contributed by atoms with van der Waals surface area (Å²) in [5.41, 5.74) is 5.52. The molecule has 0 aliphatic carbocycles. The van der Waals surface area contributed by atoms with Gasteiger partial charge in [0.2, 0.25) is 5.88 Å². The van der Waals surface area contributed by atoms with Crippen molar-refractivity contribution in [3.63, 3.8) is 0 Å². The lowest BCUT2D eigenvalue weighted by atomic mass is 10.1. The van der Waals surface area contributed by atoms with Crippen LogP contribution in [0, 0.1) is 5.82 Å². The number of nitrogens with one attached hydrogen (secondary N) is 2. The van der Waals surface area contributed by atoms with E-state index in [0.717, 1.165) is 11.0 Å². The number of benzene rings is 2. The highest BCUT2D eigenvalue weighted by Crippen LogP contribution is 2.29. The fourth-order valence-corrected chi connectivity index (χ4v) is 4.00.